The van der Waals surface area contributed by atoms with Crippen molar-refractivity contribution >= 4 is 0 Å². The fraction of sp³-hybridized carbons (Fsp3) is 0.455. The van der Waals surface area contributed by atoms with Gasteiger partial charge in [0.05, 0.1) is 6.10 Å². The highest BCUT2D eigenvalue weighted by molar-refractivity contribution is 5.40. The van der Waals surface area contributed by atoms with Crippen LogP contribution in [0, 0.1) is 0 Å². The maximum absolute atomic E-state index is 9.60. The van der Waals surface area contributed by atoms with Gasteiger partial charge in [-0.1, -0.05) is 19.1 Å². The number of aliphatic hydroxyl groups excluding tert-OH is 1. The van der Waals surface area contributed by atoms with Crippen LogP contribution < -0.4 is 9.47 Å². The zero-order valence-electron chi connectivity index (χ0n) is 8.14. The van der Waals surface area contributed by atoms with Crippen LogP contribution in [0.25, 0.3) is 0 Å². The number of aliphatic hydroxyl groups is 1. The van der Waals surface area contributed by atoms with E-state index in [1.54, 1.807) is 0 Å². The number of hydrogen-bond donors (Lipinski definition) is 1. The molecule has 1 aromatic rings. The summed E-state index contributed by atoms with van der Waals surface area (Å²) in [7, 11) is 0. The van der Waals surface area contributed by atoms with Gasteiger partial charge >= 0.3 is 0 Å². The van der Waals surface area contributed by atoms with Gasteiger partial charge in [0.15, 0.2) is 17.6 Å². The molecule has 1 unspecified atom stereocenters. The van der Waals surface area contributed by atoms with E-state index in [9.17, 15) is 5.11 Å². The van der Waals surface area contributed by atoms with Crippen molar-refractivity contribution in [3.8, 4) is 11.5 Å². The molecule has 0 saturated heterocycles. The second kappa shape index (κ2) is 3.88. The van der Waals surface area contributed by atoms with Crippen molar-refractivity contribution < 1.29 is 14.6 Å². The Morgan fingerprint density at radius 3 is 2.86 bits per heavy atom. The second-order valence-electron chi connectivity index (χ2n) is 3.39. The largest absolute Gasteiger partial charge is 0.486 e. The van der Waals surface area contributed by atoms with Crippen molar-refractivity contribution in [2.24, 2.45) is 0 Å². The summed E-state index contributed by atoms with van der Waals surface area (Å²) in [6.07, 6.45) is -0.0193. The van der Waals surface area contributed by atoms with E-state index in [1.807, 2.05) is 31.2 Å². The van der Waals surface area contributed by atoms with Crippen LogP contribution in [-0.2, 0) is 0 Å². The molecule has 2 atom stereocenters. The Morgan fingerprint density at radius 2 is 2.14 bits per heavy atom. The van der Waals surface area contributed by atoms with Gasteiger partial charge in [0, 0.05) is 0 Å². The molecular formula is C11H14O3. The van der Waals surface area contributed by atoms with Crippen LogP contribution in [0.1, 0.15) is 13.3 Å². The normalized spacial score (nSPS) is 21.7. The fourth-order valence-corrected chi connectivity index (χ4v) is 1.49. The molecule has 2 rings (SSSR count). The smallest absolute Gasteiger partial charge is 0.161 e. The summed E-state index contributed by atoms with van der Waals surface area (Å²) >= 11 is 0. The predicted octanol–water partition coefficient (Wildman–Crippen LogP) is 1.60. The first-order valence-electron chi connectivity index (χ1n) is 4.88. The number of hydrogen-bond acceptors (Lipinski definition) is 3. The average molecular weight is 194 g/mol. The van der Waals surface area contributed by atoms with E-state index in [0.29, 0.717) is 13.0 Å². The molecule has 14 heavy (non-hydrogen) atoms. The summed E-state index contributed by atoms with van der Waals surface area (Å²) in [5.41, 5.74) is 0. The van der Waals surface area contributed by atoms with Gasteiger partial charge in [0.1, 0.15) is 6.61 Å². The van der Waals surface area contributed by atoms with Gasteiger partial charge in [0.2, 0.25) is 0 Å². The van der Waals surface area contributed by atoms with Gasteiger partial charge < -0.3 is 14.6 Å². The highest BCUT2D eigenvalue weighted by Gasteiger charge is 2.25. The minimum Gasteiger partial charge on any atom is -0.486 e. The number of rotatable bonds is 2. The fourth-order valence-electron chi connectivity index (χ4n) is 1.49. The lowest BCUT2D eigenvalue weighted by Crippen LogP contribution is -2.39. The SMILES string of the molecule is CC[C@H](O)C1COc2ccccc2O1. The topological polar surface area (TPSA) is 38.7 Å². The molecule has 0 amide bonds. The first-order valence-corrected chi connectivity index (χ1v) is 4.88. The summed E-state index contributed by atoms with van der Waals surface area (Å²) in [6, 6.07) is 7.51. The molecule has 3 nitrogen and oxygen atoms in total. The molecule has 1 aliphatic heterocycles. The maximum atomic E-state index is 9.60. The van der Waals surface area contributed by atoms with Crippen molar-refractivity contribution in [2.75, 3.05) is 6.61 Å². The van der Waals surface area contributed by atoms with E-state index in [1.165, 1.54) is 0 Å². The Bertz CT molecular complexity index is 311. The summed E-state index contributed by atoms with van der Waals surface area (Å²) < 4.78 is 11.1. The van der Waals surface area contributed by atoms with E-state index in [2.05, 4.69) is 0 Å². The van der Waals surface area contributed by atoms with Crippen LogP contribution in [0.2, 0.25) is 0 Å². The summed E-state index contributed by atoms with van der Waals surface area (Å²) in [4.78, 5) is 0. The maximum Gasteiger partial charge on any atom is 0.161 e. The molecular weight excluding hydrogens is 180 g/mol. The van der Waals surface area contributed by atoms with Crippen LogP contribution in [-0.4, -0.2) is 23.9 Å². The summed E-state index contributed by atoms with van der Waals surface area (Å²) in [6.45, 7) is 2.35. The van der Waals surface area contributed by atoms with Crippen LogP contribution in [0.4, 0.5) is 0 Å². The highest BCUT2D eigenvalue weighted by Crippen LogP contribution is 2.31. The minimum atomic E-state index is -0.455. The van der Waals surface area contributed by atoms with Gasteiger partial charge in [-0.15, -0.1) is 0 Å². The molecule has 76 valence electrons. The molecule has 1 aromatic carbocycles. The van der Waals surface area contributed by atoms with Crippen molar-refractivity contribution in [2.45, 2.75) is 25.6 Å². The molecule has 0 bridgehead atoms. The monoisotopic (exact) mass is 194 g/mol. The molecule has 3 heteroatoms. The van der Waals surface area contributed by atoms with Crippen LogP contribution in [0.15, 0.2) is 24.3 Å². The van der Waals surface area contributed by atoms with Crippen LogP contribution >= 0.6 is 0 Å². The van der Waals surface area contributed by atoms with Crippen molar-refractivity contribution in [3.05, 3.63) is 24.3 Å². The molecule has 0 aromatic heterocycles. The lowest BCUT2D eigenvalue weighted by Gasteiger charge is -2.29. The van der Waals surface area contributed by atoms with Crippen molar-refractivity contribution in [1.82, 2.24) is 0 Å². The Hall–Kier alpha value is -1.22. The third kappa shape index (κ3) is 1.68. The van der Waals surface area contributed by atoms with Crippen LogP contribution in [0.5, 0.6) is 11.5 Å². The first kappa shape index (κ1) is 9.34. The number of benzene rings is 1. The van der Waals surface area contributed by atoms with Crippen molar-refractivity contribution in [1.29, 1.82) is 0 Å². The third-order valence-electron chi connectivity index (χ3n) is 2.38. The second-order valence-corrected chi connectivity index (χ2v) is 3.39. The quantitative estimate of drug-likeness (QED) is 0.777. The Kier molecular flexibility index (Phi) is 2.59. The molecule has 0 fully saturated rings. The number of ether oxygens (including phenoxy) is 2. The number of fused-ring (bicyclic) bond motifs is 1. The highest BCUT2D eigenvalue weighted by atomic mass is 16.6. The summed E-state index contributed by atoms with van der Waals surface area (Å²) in [5.74, 6) is 1.48. The van der Waals surface area contributed by atoms with Gasteiger partial charge in [-0.3, -0.25) is 0 Å². The first-order chi connectivity index (χ1) is 6.81. The van der Waals surface area contributed by atoms with E-state index in [0.717, 1.165) is 11.5 Å². The van der Waals surface area contributed by atoms with Gasteiger partial charge in [0.25, 0.3) is 0 Å². The van der Waals surface area contributed by atoms with Gasteiger partial charge in [-0.05, 0) is 18.6 Å². The van der Waals surface area contributed by atoms with Gasteiger partial charge in [-0.2, -0.15) is 0 Å². The zero-order valence-corrected chi connectivity index (χ0v) is 8.14. The Morgan fingerprint density at radius 1 is 1.43 bits per heavy atom. The molecule has 0 radical (unpaired) electrons. The lowest BCUT2D eigenvalue weighted by atomic mass is 10.1. The van der Waals surface area contributed by atoms with E-state index >= 15 is 0 Å². The third-order valence-corrected chi connectivity index (χ3v) is 2.38. The Labute approximate surface area is 83.3 Å². The van der Waals surface area contributed by atoms with Crippen LogP contribution in [0.3, 0.4) is 0 Å². The molecule has 1 aliphatic rings. The molecule has 1 N–H and O–H groups in total. The molecule has 0 aliphatic carbocycles. The Balaban J connectivity index is 2.13. The molecule has 0 spiro atoms. The van der Waals surface area contributed by atoms with Crippen molar-refractivity contribution in [3.63, 3.8) is 0 Å². The predicted molar refractivity (Wildman–Crippen MR) is 52.7 cm³/mol. The average Bonchev–Trinajstić information content (AvgIpc) is 2.27. The molecule has 1 heterocycles. The van der Waals surface area contributed by atoms with E-state index < -0.39 is 6.10 Å². The number of para-hydroxylation sites is 2. The van der Waals surface area contributed by atoms with E-state index in [4.69, 9.17) is 9.47 Å². The standard InChI is InChI=1S/C11H14O3/c1-2-8(12)11-7-13-9-5-3-4-6-10(9)14-11/h3-6,8,11-12H,2,7H2,1H3/t8-,11?/m0/s1. The lowest BCUT2D eigenvalue weighted by molar-refractivity contribution is -0.0113. The molecule has 0 saturated carbocycles. The minimum absolute atomic E-state index is 0.241. The zero-order chi connectivity index (χ0) is 9.97. The van der Waals surface area contributed by atoms with Gasteiger partial charge in [-0.25, -0.2) is 0 Å². The van der Waals surface area contributed by atoms with E-state index in [-0.39, 0.29) is 6.10 Å². The summed E-state index contributed by atoms with van der Waals surface area (Å²) in [5, 5.41) is 9.60.